The molecule has 21 heavy (non-hydrogen) atoms. The molecule has 0 aromatic carbocycles. The Balaban J connectivity index is 0.00000220. The van der Waals surface area contributed by atoms with E-state index in [2.05, 4.69) is 10.1 Å². The maximum absolute atomic E-state index is 6.06. The fourth-order valence-electron chi connectivity index (χ4n) is 2.40. The van der Waals surface area contributed by atoms with Crippen LogP contribution in [-0.2, 0) is 18.3 Å². The molecule has 0 bridgehead atoms. The number of ether oxygens (including phenoxy) is 2. The van der Waals surface area contributed by atoms with Gasteiger partial charge in [0.2, 0.25) is 5.88 Å². The van der Waals surface area contributed by atoms with Gasteiger partial charge >= 0.3 is 0 Å². The summed E-state index contributed by atoms with van der Waals surface area (Å²) in [6.45, 7) is 6.70. The van der Waals surface area contributed by atoms with Crippen molar-refractivity contribution in [2.75, 3.05) is 26.8 Å². The Morgan fingerprint density at radius 3 is 2.90 bits per heavy atom. The zero-order valence-electron chi connectivity index (χ0n) is 13.0. The summed E-state index contributed by atoms with van der Waals surface area (Å²) < 4.78 is 12.6. The highest BCUT2D eigenvalue weighted by Gasteiger charge is 2.19. The van der Waals surface area contributed by atoms with E-state index in [1.807, 2.05) is 25.8 Å². The Labute approximate surface area is 142 Å². The van der Waals surface area contributed by atoms with Crippen LogP contribution in [-0.4, -0.2) is 53.6 Å². The lowest BCUT2D eigenvalue weighted by Crippen LogP contribution is -2.47. The average Bonchev–Trinajstić information content (AvgIpc) is 2.69. The number of aliphatic imine (C=N–C) groups is 1. The van der Waals surface area contributed by atoms with E-state index >= 15 is 0 Å². The Morgan fingerprint density at radius 2 is 2.29 bits per heavy atom. The van der Waals surface area contributed by atoms with Gasteiger partial charge in [-0.2, -0.15) is 5.10 Å². The largest absolute Gasteiger partial charge is 0.481 e. The Bertz CT molecular complexity index is 503. The van der Waals surface area contributed by atoms with Crippen LogP contribution in [0.25, 0.3) is 0 Å². The zero-order chi connectivity index (χ0) is 14.7. The van der Waals surface area contributed by atoms with Gasteiger partial charge in [0.1, 0.15) is 0 Å². The van der Waals surface area contributed by atoms with E-state index in [0.717, 1.165) is 30.2 Å². The minimum Gasteiger partial charge on any atom is -0.481 e. The molecule has 8 heteroatoms. The molecule has 1 fully saturated rings. The molecule has 1 saturated heterocycles. The molecular weight excluding hydrogens is 385 g/mol. The molecule has 1 aromatic rings. The van der Waals surface area contributed by atoms with Crippen LogP contribution in [0.15, 0.2) is 4.99 Å². The summed E-state index contributed by atoms with van der Waals surface area (Å²) in [4.78, 5) is 6.51. The van der Waals surface area contributed by atoms with Gasteiger partial charge < -0.3 is 20.1 Å². The molecule has 0 aliphatic carbocycles. The highest BCUT2D eigenvalue weighted by molar-refractivity contribution is 14.0. The summed E-state index contributed by atoms with van der Waals surface area (Å²) in [5, 5.41) is 4.33. The number of morpholine rings is 1. The van der Waals surface area contributed by atoms with Gasteiger partial charge in [-0.05, 0) is 13.8 Å². The number of nitrogens with zero attached hydrogens (tertiary/aromatic N) is 4. The molecule has 0 amide bonds. The molecule has 1 unspecified atom stereocenters. The average molecular weight is 409 g/mol. The quantitative estimate of drug-likeness (QED) is 0.456. The summed E-state index contributed by atoms with van der Waals surface area (Å²) in [6.07, 6.45) is 0.187. The van der Waals surface area contributed by atoms with Gasteiger partial charge in [0.05, 0.1) is 37.6 Å². The van der Waals surface area contributed by atoms with Gasteiger partial charge in [0, 0.05) is 20.1 Å². The molecule has 1 aromatic heterocycles. The fourth-order valence-corrected chi connectivity index (χ4v) is 2.40. The van der Waals surface area contributed by atoms with Gasteiger partial charge in [0.15, 0.2) is 5.96 Å². The van der Waals surface area contributed by atoms with Crippen molar-refractivity contribution in [2.24, 2.45) is 17.8 Å². The van der Waals surface area contributed by atoms with Crippen molar-refractivity contribution in [1.82, 2.24) is 14.7 Å². The predicted molar refractivity (Wildman–Crippen MR) is 92.2 cm³/mol. The number of aryl methyl sites for hydroxylation is 2. The first-order valence-corrected chi connectivity index (χ1v) is 6.75. The van der Waals surface area contributed by atoms with Crippen LogP contribution < -0.4 is 10.5 Å². The second-order valence-electron chi connectivity index (χ2n) is 5.00. The number of hydrogen-bond donors (Lipinski definition) is 1. The van der Waals surface area contributed by atoms with E-state index in [9.17, 15) is 0 Å². The maximum Gasteiger partial charge on any atom is 0.216 e. The number of guanidine groups is 1. The van der Waals surface area contributed by atoms with E-state index in [-0.39, 0.29) is 30.1 Å². The number of hydrogen-bond acceptors (Lipinski definition) is 4. The monoisotopic (exact) mass is 409 g/mol. The molecule has 1 aliphatic heterocycles. The van der Waals surface area contributed by atoms with Crippen LogP contribution in [0.1, 0.15) is 18.2 Å². The van der Waals surface area contributed by atoms with E-state index in [0.29, 0.717) is 19.1 Å². The molecule has 2 rings (SSSR count). The summed E-state index contributed by atoms with van der Waals surface area (Å²) in [6, 6.07) is 0. The SMILES string of the molecule is COc1c(CN=C(N)N2CCOC(C)C2)c(C)nn1C.I. The van der Waals surface area contributed by atoms with Crippen LogP contribution >= 0.6 is 24.0 Å². The molecule has 0 spiro atoms. The second kappa shape index (κ2) is 7.83. The Morgan fingerprint density at radius 1 is 1.57 bits per heavy atom. The molecule has 1 aliphatic rings. The predicted octanol–water partition coefficient (Wildman–Crippen LogP) is 0.891. The van der Waals surface area contributed by atoms with E-state index in [4.69, 9.17) is 15.2 Å². The second-order valence-corrected chi connectivity index (χ2v) is 5.00. The lowest BCUT2D eigenvalue weighted by Gasteiger charge is -2.31. The molecule has 7 nitrogen and oxygen atoms in total. The number of rotatable bonds is 3. The third-order valence-corrected chi connectivity index (χ3v) is 3.45. The van der Waals surface area contributed by atoms with Gasteiger partial charge in [-0.15, -0.1) is 24.0 Å². The minimum absolute atomic E-state index is 0. The fraction of sp³-hybridized carbons (Fsp3) is 0.692. The van der Waals surface area contributed by atoms with Crippen molar-refractivity contribution in [3.05, 3.63) is 11.3 Å². The topological polar surface area (TPSA) is 77.9 Å². The normalized spacial score (nSPS) is 19.3. The van der Waals surface area contributed by atoms with Crippen molar-refractivity contribution < 1.29 is 9.47 Å². The number of aromatic nitrogens is 2. The smallest absolute Gasteiger partial charge is 0.216 e. The van der Waals surface area contributed by atoms with Crippen LogP contribution in [0.2, 0.25) is 0 Å². The standard InChI is InChI=1S/C13H23N5O2.HI/c1-9-8-18(5-6-20-9)13(14)15-7-11-10(2)16-17(3)12(11)19-4;/h9H,5-8H2,1-4H3,(H2,14,15);1H. The zero-order valence-corrected chi connectivity index (χ0v) is 15.3. The first kappa shape index (κ1) is 18.0. The Hall–Kier alpha value is -1.03. The highest BCUT2D eigenvalue weighted by atomic mass is 127. The molecule has 2 heterocycles. The number of nitrogens with two attached hydrogens (primary N) is 1. The van der Waals surface area contributed by atoms with Gasteiger partial charge in [-0.3, -0.25) is 0 Å². The first-order chi connectivity index (χ1) is 9.52. The van der Waals surface area contributed by atoms with Gasteiger partial charge in [-0.25, -0.2) is 9.67 Å². The highest BCUT2D eigenvalue weighted by Crippen LogP contribution is 2.21. The number of halogens is 1. The van der Waals surface area contributed by atoms with Crippen LogP contribution in [0.5, 0.6) is 5.88 Å². The van der Waals surface area contributed by atoms with E-state index < -0.39 is 0 Å². The van der Waals surface area contributed by atoms with Crippen molar-refractivity contribution in [2.45, 2.75) is 26.5 Å². The summed E-state index contributed by atoms with van der Waals surface area (Å²) in [5.74, 6) is 1.28. The summed E-state index contributed by atoms with van der Waals surface area (Å²) in [5.41, 5.74) is 7.94. The lowest BCUT2D eigenvalue weighted by atomic mass is 10.2. The van der Waals surface area contributed by atoms with Gasteiger partial charge in [0.25, 0.3) is 0 Å². The van der Waals surface area contributed by atoms with Crippen molar-refractivity contribution in [1.29, 1.82) is 0 Å². The molecule has 0 saturated carbocycles. The van der Waals surface area contributed by atoms with Crippen LogP contribution in [0, 0.1) is 6.92 Å². The summed E-state index contributed by atoms with van der Waals surface area (Å²) in [7, 11) is 3.49. The molecular formula is C13H24IN5O2. The van der Waals surface area contributed by atoms with Crippen LogP contribution in [0.4, 0.5) is 0 Å². The molecule has 120 valence electrons. The van der Waals surface area contributed by atoms with E-state index in [1.54, 1.807) is 11.8 Å². The molecule has 0 radical (unpaired) electrons. The van der Waals surface area contributed by atoms with Crippen molar-refractivity contribution >= 4 is 29.9 Å². The first-order valence-electron chi connectivity index (χ1n) is 6.75. The minimum atomic E-state index is 0. The molecule has 1 atom stereocenters. The summed E-state index contributed by atoms with van der Waals surface area (Å²) >= 11 is 0. The Kier molecular flexibility index (Phi) is 6.72. The third-order valence-electron chi connectivity index (χ3n) is 3.45. The third kappa shape index (κ3) is 4.22. The maximum atomic E-state index is 6.06. The van der Waals surface area contributed by atoms with Crippen LogP contribution in [0.3, 0.4) is 0 Å². The van der Waals surface area contributed by atoms with Crippen molar-refractivity contribution in [3.63, 3.8) is 0 Å². The van der Waals surface area contributed by atoms with Gasteiger partial charge in [-0.1, -0.05) is 0 Å². The van der Waals surface area contributed by atoms with Crippen molar-refractivity contribution in [3.8, 4) is 5.88 Å². The van der Waals surface area contributed by atoms with E-state index in [1.165, 1.54) is 0 Å². The molecule has 2 N–H and O–H groups in total. The lowest BCUT2D eigenvalue weighted by molar-refractivity contribution is 0.00528. The number of methoxy groups -OCH3 is 1.